The summed E-state index contributed by atoms with van der Waals surface area (Å²) in [6, 6.07) is -0.563. The summed E-state index contributed by atoms with van der Waals surface area (Å²) in [6.45, 7) is 0. The van der Waals surface area contributed by atoms with Gasteiger partial charge in [-0.1, -0.05) is 12.8 Å². The van der Waals surface area contributed by atoms with Crippen molar-refractivity contribution in [2.24, 2.45) is 22.7 Å². The third kappa shape index (κ3) is 2.05. The van der Waals surface area contributed by atoms with Crippen molar-refractivity contribution in [2.75, 3.05) is 0 Å². The maximum Gasteiger partial charge on any atom is 0.332 e. The molecule has 0 heterocycles. The van der Waals surface area contributed by atoms with E-state index >= 15 is 0 Å². The van der Waals surface area contributed by atoms with Crippen LogP contribution in [0.1, 0.15) is 38.5 Å². The van der Waals surface area contributed by atoms with E-state index in [1.165, 1.54) is 25.7 Å². The molecule has 2 amide bonds. The lowest BCUT2D eigenvalue weighted by Crippen LogP contribution is -2.25. The number of urea groups is 1. The number of nitrogens with one attached hydrogen (secondary N) is 1. The molecule has 0 saturated heterocycles. The first-order chi connectivity index (χ1) is 6.75. The minimum Gasteiger partial charge on any atom is -0.350 e. The highest BCUT2D eigenvalue weighted by molar-refractivity contribution is 5.88. The van der Waals surface area contributed by atoms with Crippen molar-refractivity contribution in [1.29, 1.82) is 0 Å². The number of amides is 2. The molecular formula is C10H17N3O. The van der Waals surface area contributed by atoms with Crippen molar-refractivity contribution < 1.29 is 4.79 Å². The van der Waals surface area contributed by atoms with Gasteiger partial charge in [-0.2, -0.15) is 5.10 Å². The first-order valence-corrected chi connectivity index (χ1v) is 5.36. The molecule has 2 saturated carbocycles. The zero-order valence-corrected chi connectivity index (χ0v) is 8.33. The van der Waals surface area contributed by atoms with Gasteiger partial charge in [0, 0.05) is 5.71 Å². The fraction of sp³-hybridized carbons (Fsp3) is 0.800. The minimum atomic E-state index is -0.563. The van der Waals surface area contributed by atoms with E-state index in [9.17, 15) is 4.79 Å². The summed E-state index contributed by atoms with van der Waals surface area (Å²) < 4.78 is 0. The van der Waals surface area contributed by atoms with E-state index in [1.807, 2.05) is 0 Å². The van der Waals surface area contributed by atoms with Crippen LogP contribution in [-0.4, -0.2) is 11.7 Å². The third-order valence-electron chi connectivity index (χ3n) is 3.39. The molecule has 2 aliphatic rings. The van der Waals surface area contributed by atoms with Gasteiger partial charge in [-0.3, -0.25) is 0 Å². The standard InChI is InChI=1S/C10H17N3O/c11-10(14)13-12-9-5-7-3-1-2-4-8(7)6-9/h7-8H,1-6H2,(H3,11,13,14)/t7-,8+. The molecule has 0 unspecified atom stereocenters. The predicted molar refractivity (Wildman–Crippen MR) is 54.8 cm³/mol. The molecule has 4 nitrogen and oxygen atoms in total. The number of nitrogens with two attached hydrogens (primary N) is 1. The fourth-order valence-corrected chi connectivity index (χ4v) is 2.74. The van der Waals surface area contributed by atoms with Crippen LogP contribution in [0.2, 0.25) is 0 Å². The van der Waals surface area contributed by atoms with Crippen molar-refractivity contribution in [3.8, 4) is 0 Å². The van der Waals surface area contributed by atoms with Gasteiger partial charge in [-0.05, 0) is 37.5 Å². The second-order valence-corrected chi connectivity index (χ2v) is 4.37. The highest BCUT2D eigenvalue weighted by atomic mass is 16.2. The lowest BCUT2D eigenvalue weighted by atomic mass is 9.82. The Bertz CT molecular complexity index is 246. The second-order valence-electron chi connectivity index (χ2n) is 4.37. The van der Waals surface area contributed by atoms with Gasteiger partial charge in [0.1, 0.15) is 0 Å². The third-order valence-corrected chi connectivity index (χ3v) is 3.39. The Morgan fingerprint density at radius 3 is 2.36 bits per heavy atom. The number of hydrogen-bond acceptors (Lipinski definition) is 2. The molecule has 0 bridgehead atoms. The number of rotatable bonds is 1. The van der Waals surface area contributed by atoms with E-state index in [1.54, 1.807) is 0 Å². The predicted octanol–water partition coefficient (Wildman–Crippen LogP) is 1.61. The fourth-order valence-electron chi connectivity index (χ4n) is 2.74. The molecule has 14 heavy (non-hydrogen) atoms. The van der Waals surface area contributed by atoms with Gasteiger partial charge in [0.15, 0.2) is 0 Å². The van der Waals surface area contributed by atoms with Crippen molar-refractivity contribution in [2.45, 2.75) is 38.5 Å². The lowest BCUT2D eigenvalue weighted by molar-refractivity contribution is 0.249. The molecule has 3 N–H and O–H groups in total. The van der Waals surface area contributed by atoms with Gasteiger partial charge in [0.25, 0.3) is 0 Å². The summed E-state index contributed by atoms with van der Waals surface area (Å²) in [6.07, 6.45) is 7.51. The van der Waals surface area contributed by atoms with E-state index in [0.29, 0.717) is 0 Å². The Morgan fingerprint density at radius 1 is 1.29 bits per heavy atom. The first kappa shape index (κ1) is 9.49. The molecule has 0 aromatic carbocycles. The summed E-state index contributed by atoms with van der Waals surface area (Å²) in [5.41, 5.74) is 8.41. The zero-order chi connectivity index (χ0) is 9.97. The van der Waals surface area contributed by atoms with E-state index in [4.69, 9.17) is 5.73 Å². The van der Waals surface area contributed by atoms with E-state index in [0.717, 1.165) is 30.4 Å². The Balaban J connectivity index is 1.92. The van der Waals surface area contributed by atoms with Crippen LogP contribution < -0.4 is 11.2 Å². The van der Waals surface area contributed by atoms with Crippen LogP contribution in [0.25, 0.3) is 0 Å². The summed E-state index contributed by atoms with van der Waals surface area (Å²) in [5, 5.41) is 4.04. The molecule has 0 aromatic heterocycles. The molecule has 2 atom stereocenters. The minimum absolute atomic E-state index is 0.563. The van der Waals surface area contributed by atoms with Crippen LogP contribution in [0.4, 0.5) is 4.79 Å². The Kier molecular flexibility index (Phi) is 2.70. The van der Waals surface area contributed by atoms with E-state index in [2.05, 4.69) is 10.5 Å². The molecule has 2 fully saturated rings. The van der Waals surface area contributed by atoms with Crippen LogP contribution in [0, 0.1) is 11.8 Å². The molecule has 4 heteroatoms. The van der Waals surface area contributed by atoms with Crippen LogP contribution in [0.5, 0.6) is 0 Å². The average molecular weight is 195 g/mol. The van der Waals surface area contributed by atoms with Gasteiger partial charge in [0.05, 0.1) is 0 Å². The molecule has 0 aliphatic heterocycles. The second kappa shape index (κ2) is 3.98. The summed E-state index contributed by atoms with van der Waals surface area (Å²) >= 11 is 0. The Labute approximate surface area is 83.9 Å². The number of hydrogen-bond donors (Lipinski definition) is 2. The molecule has 0 radical (unpaired) electrons. The lowest BCUT2D eigenvalue weighted by Gasteiger charge is -2.23. The monoisotopic (exact) mass is 195 g/mol. The summed E-state index contributed by atoms with van der Waals surface area (Å²) in [7, 11) is 0. The largest absolute Gasteiger partial charge is 0.350 e. The summed E-state index contributed by atoms with van der Waals surface area (Å²) in [5.74, 6) is 1.63. The maximum atomic E-state index is 10.5. The Hall–Kier alpha value is -1.06. The van der Waals surface area contributed by atoms with Crippen LogP contribution in [-0.2, 0) is 0 Å². The SMILES string of the molecule is NC(=O)NN=C1C[C@H]2CCCC[C@H]2C1. The summed E-state index contributed by atoms with van der Waals surface area (Å²) in [4.78, 5) is 10.5. The average Bonchev–Trinajstić information content (AvgIpc) is 2.57. The number of nitrogens with zero attached hydrogens (tertiary/aromatic N) is 1. The maximum absolute atomic E-state index is 10.5. The van der Waals surface area contributed by atoms with Gasteiger partial charge < -0.3 is 5.73 Å². The van der Waals surface area contributed by atoms with Crippen LogP contribution >= 0.6 is 0 Å². The highest BCUT2D eigenvalue weighted by Gasteiger charge is 2.33. The van der Waals surface area contributed by atoms with Gasteiger partial charge in [-0.15, -0.1) is 0 Å². The number of hydrazone groups is 1. The number of fused-ring (bicyclic) bond motifs is 1. The first-order valence-electron chi connectivity index (χ1n) is 5.36. The van der Waals surface area contributed by atoms with Crippen LogP contribution in [0.15, 0.2) is 5.10 Å². The van der Waals surface area contributed by atoms with Crippen molar-refractivity contribution >= 4 is 11.7 Å². The van der Waals surface area contributed by atoms with Crippen LogP contribution in [0.3, 0.4) is 0 Å². The molecule has 0 spiro atoms. The van der Waals surface area contributed by atoms with Crippen molar-refractivity contribution in [3.63, 3.8) is 0 Å². The van der Waals surface area contributed by atoms with Gasteiger partial charge >= 0.3 is 6.03 Å². The van der Waals surface area contributed by atoms with Gasteiger partial charge in [-0.25, -0.2) is 10.2 Å². The molecule has 0 aromatic rings. The molecule has 2 rings (SSSR count). The number of primary amides is 1. The number of carbonyl (C=O) groups excluding carboxylic acids is 1. The highest BCUT2D eigenvalue weighted by Crippen LogP contribution is 2.40. The van der Waals surface area contributed by atoms with E-state index in [-0.39, 0.29) is 0 Å². The Morgan fingerprint density at radius 2 is 1.86 bits per heavy atom. The van der Waals surface area contributed by atoms with Crippen molar-refractivity contribution in [3.05, 3.63) is 0 Å². The molecule has 78 valence electrons. The normalized spacial score (nSPS) is 34.1. The topological polar surface area (TPSA) is 67.5 Å². The quantitative estimate of drug-likeness (QED) is 0.613. The smallest absolute Gasteiger partial charge is 0.332 e. The van der Waals surface area contributed by atoms with E-state index < -0.39 is 6.03 Å². The molecule has 2 aliphatic carbocycles. The molecular weight excluding hydrogens is 178 g/mol. The number of carbonyl (C=O) groups is 1. The van der Waals surface area contributed by atoms with Gasteiger partial charge in [0.2, 0.25) is 0 Å². The zero-order valence-electron chi connectivity index (χ0n) is 8.33. The van der Waals surface area contributed by atoms with Crippen molar-refractivity contribution in [1.82, 2.24) is 5.43 Å².